The molecule has 0 atom stereocenters. The third-order valence-electron chi connectivity index (χ3n) is 6.44. The van der Waals surface area contributed by atoms with Crippen LogP contribution in [0.4, 0.5) is 0 Å². The van der Waals surface area contributed by atoms with Gasteiger partial charge in [0.25, 0.3) is 11.5 Å². The Bertz CT molecular complexity index is 1140. The maximum Gasteiger partial charge on any atom is 0.262 e. The summed E-state index contributed by atoms with van der Waals surface area (Å²) in [7, 11) is 0. The van der Waals surface area contributed by atoms with Gasteiger partial charge in [-0.25, -0.2) is 4.98 Å². The standard InChI is InChI=1S/C23H25N3O2S/c1-15-18-21(25-17-10-6-3-7-13-26(17)22(18)28)29-19(15)20(27)24-14-23(11-12-23)16-8-4-2-5-9-16/h2,4-5,8-9H,3,6-7,10-14H2,1H3,(H,24,27). The number of hydrogen-bond donors (Lipinski definition) is 1. The summed E-state index contributed by atoms with van der Waals surface area (Å²) >= 11 is 1.36. The van der Waals surface area contributed by atoms with Crippen molar-refractivity contribution < 1.29 is 4.79 Å². The third-order valence-corrected chi connectivity index (χ3v) is 7.63. The number of nitrogens with zero attached hydrogens (tertiary/aromatic N) is 2. The number of aromatic nitrogens is 2. The van der Waals surface area contributed by atoms with E-state index in [2.05, 4.69) is 29.6 Å². The maximum absolute atomic E-state index is 13.1. The van der Waals surface area contributed by atoms with Crippen molar-refractivity contribution in [3.63, 3.8) is 0 Å². The number of aryl methyl sites for hydroxylation is 2. The Morgan fingerprint density at radius 3 is 2.76 bits per heavy atom. The fourth-order valence-electron chi connectivity index (χ4n) is 4.47. The van der Waals surface area contributed by atoms with Crippen molar-refractivity contribution in [2.45, 2.75) is 57.4 Å². The smallest absolute Gasteiger partial charge is 0.262 e. The van der Waals surface area contributed by atoms with Gasteiger partial charge in [-0.15, -0.1) is 11.3 Å². The summed E-state index contributed by atoms with van der Waals surface area (Å²) in [5, 5.41) is 3.76. The van der Waals surface area contributed by atoms with Gasteiger partial charge in [-0.3, -0.25) is 14.2 Å². The molecule has 0 radical (unpaired) electrons. The van der Waals surface area contributed by atoms with Crippen molar-refractivity contribution in [1.82, 2.24) is 14.9 Å². The molecule has 3 aromatic rings. The van der Waals surface area contributed by atoms with Gasteiger partial charge in [0.05, 0.1) is 10.3 Å². The van der Waals surface area contributed by atoms with Gasteiger partial charge >= 0.3 is 0 Å². The fraction of sp³-hybridized carbons (Fsp3) is 0.435. The second-order valence-electron chi connectivity index (χ2n) is 8.36. The van der Waals surface area contributed by atoms with Gasteiger partial charge in [0.1, 0.15) is 10.7 Å². The molecular weight excluding hydrogens is 382 g/mol. The molecule has 0 unspecified atom stereocenters. The summed E-state index contributed by atoms with van der Waals surface area (Å²) in [6.07, 6.45) is 6.24. The van der Waals surface area contributed by atoms with Gasteiger partial charge in [0, 0.05) is 24.9 Å². The number of thiophene rings is 1. The van der Waals surface area contributed by atoms with E-state index in [1.54, 1.807) is 0 Å². The highest BCUT2D eigenvalue weighted by atomic mass is 32.1. The summed E-state index contributed by atoms with van der Waals surface area (Å²) in [6, 6.07) is 10.4. The van der Waals surface area contributed by atoms with Crippen LogP contribution in [0.1, 0.15) is 58.7 Å². The third kappa shape index (κ3) is 3.19. The van der Waals surface area contributed by atoms with Crippen LogP contribution in [0.3, 0.4) is 0 Å². The van der Waals surface area contributed by atoms with E-state index >= 15 is 0 Å². The van der Waals surface area contributed by atoms with Crippen LogP contribution in [0.2, 0.25) is 0 Å². The zero-order valence-corrected chi connectivity index (χ0v) is 17.5. The van der Waals surface area contributed by atoms with E-state index in [9.17, 15) is 9.59 Å². The molecule has 29 heavy (non-hydrogen) atoms. The summed E-state index contributed by atoms with van der Waals surface area (Å²) in [5.74, 6) is 0.779. The highest BCUT2D eigenvalue weighted by Crippen LogP contribution is 2.47. The van der Waals surface area contributed by atoms with Crippen molar-refractivity contribution in [2.24, 2.45) is 0 Å². The SMILES string of the molecule is Cc1c(C(=O)NCC2(c3ccccc3)CC2)sc2nc3n(c(=O)c12)CCCCC3. The number of carbonyl (C=O) groups excluding carboxylic acids is 1. The fourth-order valence-corrected chi connectivity index (χ4v) is 5.57. The Morgan fingerprint density at radius 1 is 1.21 bits per heavy atom. The molecule has 150 valence electrons. The second kappa shape index (κ2) is 7.10. The van der Waals surface area contributed by atoms with Crippen molar-refractivity contribution in [3.05, 3.63) is 62.5 Å². The van der Waals surface area contributed by atoms with Crippen molar-refractivity contribution >= 4 is 27.5 Å². The van der Waals surface area contributed by atoms with Crippen LogP contribution < -0.4 is 10.9 Å². The molecule has 2 aliphatic rings. The van der Waals surface area contributed by atoms with Crippen molar-refractivity contribution in [2.75, 3.05) is 6.54 Å². The van der Waals surface area contributed by atoms with Gasteiger partial charge in [-0.1, -0.05) is 36.8 Å². The molecule has 0 spiro atoms. The molecule has 0 saturated heterocycles. The lowest BCUT2D eigenvalue weighted by Gasteiger charge is -2.16. The first-order valence-corrected chi connectivity index (χ1v) is 11.3. The summed E-state index contributed by atoms with van der Waals surface area (Å²) in [4.78, 5) is 32.2. The van der Waals surface area contributed by atoms with Crippen LogP contribution in [0.5, 0.6) is 0 Å². The van der Waals surface area contributed by atoms with E-state index < -0.39 is 0 Å². The van der Waals surface area contributed by atoms with Crippen LogP contribution in [0.25, 0.3) is 10.2 Å². The summed E-state index contributed by atoms with van der Waals surface area (Å²) in [6.45, 7) is 3.24. The minimum Gasteiger partial charge on any atom is -0.350 e. The Kier molecular flexibility index (Phi) is 4.54. The molecule has 3 heterocycles. The minimum absolute atomic E-state index is 0.0163. The zero-order chi connectivity index (χ0) is 20.0. The highest BCUT2D eigenvalue weighted by molar-refractivity contribution is 7.20. The van der Waals surface area contributed by atoms with Crippen LogP contribution in [0, 0.1) is 6.92 Å². The highest BCUT2D eigenvalue weighted by Gasteiger charge is 2.44. The lowest BCUT2D eigenvalue weighted by molar-refractivity contribution is 0.0953. The number of fused-ring (bicyclic) bond motifs is 2. The lowest BCUT2D eigenvalue weighted by Crippen LogP contribution is -2.32. The van der Waals surface area contributed by atoms with E-state index in [4.69, 9.17) is 4.98 Å². The van der Waals surface area contributed by atoms with Crippen molar-refractivity contribution in [3.8, 4) is 0 Å². The molecule has 1 aliphatic heterocycles. The van der Waals surface area contributed by atoms with Gasteiger partial charge in [0.2, 0.25) is 0 Å². The first-order valence-electron chi connectivity index (χ1n) is 10.5. The largest absolute Gasteiger partial charge is 0.350 e. The monoisotopic (exact) mass is 407 g/mol. The molecule has 1 saturated carbocycles. The van der Waals surface area contributed by atoms with Gasteiger partial charge in [0.15, 0.2) is 0 Å². The van der Waals surface area contributed by atoms with Crippen LogP contribution in [0.15, 0.2) is 35.1 Å². The predicted octanol–water partition coefficient (Wildman–Crippen LogP) is 3.95. The molecule has 1 aliphatic carbocycles. The molecule has 2 aromatic heterocycles. The Labute approximate surface area is 173 Å². The van der Waals surface area contributed by atoms with E-state index in [-0.39, 0.29) is 16.9 Å². The Balaban J connectivity index is 1.43. The number of nitrogens with one attached hydrogen (secondary N) is 1. The van der Waals surface area contributed by atoms with E-state index in [0.717, 1.165) is 56.5 Å². The normalized spacial score (nSPS) is 17.6. The number of hydrogen-bond acceptors (Lipinski definition) is 4. The van der Waals surface area contributed by atoms with Gasteiger partial charge < -0.3 is 5.32 Å². The number of carbonyl (C=O) groups is 1. The van der Waals surface area contributed by atoms with E-state index in [1.165, 1.54) is 16.9 Å². The quantitative estimate of drug-likeness (QED) is 0.712. The number of amides is 1. The van der Waals surface area contributed by atoms with Crippen LogP contribution in [-0.4, -0.2) is 22.0 Å². The average molecular weight is 408 g/mol. The Morgan fingerprint density at radius 2 is 2.00 bits per heavy atom. The lowest BCUT2D eigenvalue weighted by atomic mass is 9.96. The molecule has 5 nitrogen and oxygen atoms in total. The predicted molar refractivity (Wildman–Crippen MR) is 116 cm³/mol. The van der Waals surface area contributed by atoms with Gasteiger partial charge in [-0.2, -0.15) is 0 Å². The maximum atomic E-state index is 13.1. The molecule has 6 heteroatoms. The van der Waals surface area contributed by atoms with Gasteiger partial charge in [-0.05, 0) is 43.7 Å². The molecule has 1 amide bonds. The summed E-state index contributed by atoms with van der Waals surface area (Å²) < 4.78 is 1.82. The second-order valence-corrected chi connectivity index (χ2v) is 9.36. The number of rotatable bonds is 4. The molecule has 1 aromatic carbocycles. The first kappa shape index (κ1) is 18.6. The average Bonchev–Trinajstić information content (AvgIpc) is 3.50. The first-order chi connectivity index (χ1) is 14.1. The number of benzene rings is 1. The van der Waals surface area contributed by atoms with E-state index in [1.807, 2.05) is 17.6 Å². The molecule has 0 bridgehead atoms. The molecule has 1 N–H and O–H groups in total. The van der Waals surface area contributed by atoms with Crippen LogP contribution >= 0.6 is 11.3 Å². The molecule has 1 fully saturated rings. The minimum atomic E-state index is -0.0905. The topological polar surface area (TPSA) is 64.0 Å². The molecular formula is C23H25N3O2S. The Hall–Kier alpha value is -2.47. The molecule has 5 rings (SSSR count). The zero-order valence-electron chi connectivity index (χ0n) is 16.7. The van der Waals surface area contributed by atoms with Crippen LogP contribution in [-0.2, 0) is 18.4 Å². The van der Waals surface area contributed by atoms with E-state index in [0.29, 0.717) is 21.6 Å². The van der Waals surface area contributed by atoms with Crippen molar-refractivity contribution in [1.29, 1.82) is 0 Å². The summed E-state index contributed by atoms with van der Waals surface area (Å²) in [5.41, 5.74) is 2.14.